The number of nitrogens with zero attached hydrogens (tertiary/aromatic N) is 6. The highest BCUT2D eigenvalue weighted by molar-refractivity contribution is 5.77. The third-order valence-electron chi connectivity index (χ3n) is 5.52. The molecule has 1 saturated heterocycles. The van der Waals surface area contributed by atoms with Crippen molar-refractivity contribution in [3.05, 3.63) is 58.3 Å². The molecule has 9 nitrogen and oxygen atoms in total. The van der Waals surface area contributed by atoms with E-state index in [1.807, 2.05) is 12.1 Å². The summed E-state index contributed by atoms with van der Waals surface area (Å²) in [6, 6.07) is 8.28. The number of aryl methyl sites for hydroxylation is 1. The molecule has 1 fully saturated rings. The van der Waals surface area contributed by atoms with Crippen molar-refractivity contribution in [3.63, 3.8) is 0 Å². The van der Waals surface area contributed by atoms with Crippen LogP contribution >= 0.6 is 0 Å². The number of fused-ring (bicyclic) bond motifs is 1. The van der Waals surface area contributed by atoms with Gasteiger partial charge in [0.1, 0.15) is 18.3 Å². The molecule has 30 heavy (non-hydrogen) atoms. The Bertz CT molecular complexity index is 1100. The highest BCUT2D eigenvalue weighted by atomic mass is 16.2. The summed E-state index contributed by atoms with van der Waals surface area (Å²) in [7, 11) is 3.88. The molecular weight excluding hydrogens is 382 g/mol. The van der Waals surface area contributed by atoms with E-state index in [-0.39, 0.29) is 18.0 Å². The smallest absolute Gasteiger partial charge is 0.264 e. The number of carbonyl (C=O) groups excluding carboxylic acids is 1. The van der Waals surface area contributed by atoms with Gasteiger partial charge in [-0.05, 0) is 18.2 Å². The molecule has 1 aliphatic rings. The lowest BCUT2D eigenvalue weighted by atomic mass is 10.1. The predicted octanol–water partition coefficient (Wildman–Crippen LogP) is 0.194. The highest BCUT2D eigenvalue weighted by Crippen LogP contribution is 2.10. The number of aromatic nitrogens is 4. The first-order valence-electron chi connectivity index (χ1n) is 10.1. The average Bonchev–Trinajstić information content (AvgIpc) is 3.12. The van der Waals surface area contributed by atoms with Gasteiger partial charge in [-0.15, -0.1) is 0 Å². The standard InChI is InChI=1S/C21H27N7O2/c1-25-6-8-27(9-7-25)13-17-5-3-4-16(10-17)11-22-19(29)14-28-15-23-20-18(21(28)30)12-24-26(20)2/h3-5,10,12,15H,6-9,11,13-14H2,1-2H3,(H,22,29). The van der Waals surface area contributed by atoms with Gasteiger partial charge in [0.05, 0.1) is 6.20 Å². The number of nitrogens with one attached hydrogen (secondary N) is 1. The number of piperazine rings is 1. The highest BCUT2D eigenvalue weighted by Gasteiger charge is 2.14. The monoisotopic (exact) mass is 409 g/mol. The molecule has 0 saturated carbocycles. The van der Waals surface area contributed by atoms with Crippen LogP contribution in [0.1, 0.15) is 11.1 Å². The van der Waals surface area contributed by atoms with Gasteiger partial charge in [-0.25, -0.2) is 4.98 Å². The van der Waals surface area contributed by atoms with Crippen molar-refractivity contribution in [2.75, 3.05) is 33.2 Å². The van der Waals surface area contributed by atoms with Gasteiger partial charge in [0.25, 0.3) is 5.56 Å². The van der Waals surface area contributed by atoms with Crippen molar-refractivity contribution in [1.29, 1.82) is 0 Å². The molecule has 158 valence electrons. The number of rotatable bonds is 6. The number of carbonyl (C=O) groups is 1. The fraction of sp³-hybridized carbons (Fsp3) is 0.429. The molecule has 0 unspecified atom stereocenters. The van der Waals surface area contributed by atoms with E-state index in [2.05, 4.69) is 44.4 Å². The molecule has 1 aromatic carbocycles. The first kappa shape index (κ1) is 20.2. The Labute approximate surface area is 174 Å². The van der Waals surface area contributed by atoms with Crippen LogP contribution in [0.5, 0.6) is 0 Å². The Morgan fingerprint density at radius 3 is 2.70 bits per heavy atom. The molecule has 0 bridgehead atoms. The van der Waals surface area contributed by atoms with Crippen molar-refractivity contribution in [2.24, 2.45) is 7.05 Å². The molecule has 3 heterocycles. The van der Waals surface area contributed by atoms with E-state index in [0.29, 0.717) is 17.6 Å². The van der Waals surface area contributed by atoms with Crippen LogP contribution in [-0.4, -0.2) is 68.3 Å². The quantitative estimate of drug-likeness (QED) is 0.626. The van der Waals surface area contributed by atoms with Crippen LogP contribution in [0.3, 0.4) is 0 Å². The lowest BCUT2D eigenvalue weighted by molar-refractivity contribution is -0.121. The minimum atomic E-state index is -0.266. The van der Waals surface area contributed by atoms with Crippen molar-refractivity contribution in [3.8, 4) is 0 Å². The summed E-state index contributed by atoms with van der Waals surface area (Å²) in [4.78, 5) is 33.9. The van der Waals surface area contributed by atoms with Crippen LogP contribution in [0.25, 0.3) is 11.0 Å². The van der Waals surface area contributed by atoms with Crippen molar-refractivity contribution >= 4 is 16.9 Å². The molecular formula is C21H27N7O2. The summed E-state index contributed by atoms with van der Waals surface area (Å²) in [6.45, 7) is 5.60. The third kappa shape index (κ3) is 4.58. The number of amides is 1. The number of hydrogen-bond donors (Lipinski definition) is 1. The molecule has 1 amide bonds. The number of benzene rings is 1. The summed E-state index contributed by atoms with van der Waals surface area (Å²) < 4.78 is 2.85. The second kappa shape index (κ2) is 8.76. The molecule has 1 aliphatic heterocycles. The van der Waals surface area contributed by atoms with Crippen molar-refractivity contribution in [1.82, 2.24) is 34.4 Å². The molecule has 9 heteroatoms. The summed E-state index contributed by atoms with van der Waals surface area (Å²) in [5.41, 5.74) is 2.53. The molecule has 1 N–H and O–H groups in total. The molecule has 4 rings (SSSR count). The maximum Gasteiger partial charge on any atom is 0.264 e. The maximum atomic E-state index is 12.5. The van der Waals surface area contributed by atoms with Gasteiger partial charge in [-0.1, -0.05) is 24.3 Å². The zero-order valence-electron chi connectivity index (χ0n) is 17.4. The largest absolute Gasteiger partial charge is 0.350 e. The summed E-state index contributed by atoms with van der Waals surface area (Å²) >= 11 is 0. The Hall–Kier alpha value is -3.04. The van der Waals surface area contributed by atoms with E-state index >= 15 is 0 Å². The van der Waals surface area contributed by atoms with E-state index in [4.69, 9.17) is 0 Å². The lowest BCUT2D eigenvalue weighted by Crippen LogP contribution is -2.43. The first-order valence-corrected chi connectivity index (χ1v) is 10.1. The summed E-state index contributed by atoms with van der Waals surface area (Å²) in [5, 5.41) is 7.34. The molecule has 2 aromatic heterocycles. The van der Waals surface area contributed by atoms with Gasteiger partial charge in [0.15, 0.2) is 5.65 Å². The van der Waals surface area contributed by atoms with Crippen molar-refractivity contribution < 1.29 is 4.79 Å². The SMILES string of the molecule is CN1CCN(Cc2cccc(CNC(=O)Cn3cnc4c(cnn4C)c3=O)c2)CC1. The molecule has 0 atom stereocenters. The minimum Gasteiger partial charge on any atom is -0.350 e. The van der Waals surface area contributed by atoms with Gasteiger partial charge >= 0.3 is 0 Å². The number of likely N-dealkylation sites (N-methyl/N-ethyl adjacent to an activating group) is 1. The van der Waals surface area contributed by atoms with E-state index in [9.17, 15) is 9.59 Å². The van der Waals surface area contributed by atoms with Crippen LogP contribution in [0, 0.1) is 0 Å². The maximum absolute atomic E-state index is 12.5. The van der Waals surface area contributed by atoms with E-state index < -0.39 is 0 Å². The van der Waals surface area contributed by atoms with Crippen LogP contribution in [-0.2, 0) is 31.5 Å². The van der Waals surface area contributed by atoms with Gasteiger partial charge in [-0.2, -0.15) is 5.10 Å². The Morgan fingerprint density at radius 1 is 1.13 bits per heavy atom. The normalized spacial score (nSPS) is 15.5. The third-order valence-corrected chi connectivity index (χ3v) is 5.52. The Balaban J connectivity index is 1.34. The van der Waals surface area contributed by atoms with E-state index in [1.165, 1.54) is 27.3 Å². The summed E-state index contributed by atoms with van der Waals surface area (Å²) in [6.07, 6.45) is 2.87. The van der Waals surface area contributed by atoms with Gasteiger partial charge in [-0.3, -0.25) is 23.7 Å². The molecule has 0 aliphatic carbocycles. The molecule has 0 spiro atoms. The average molecular weight is 409 g/mol. The summed E-state index contributed by atoms with van der Waals surface area (Å²) in [5.74, 6) is -0.230. The van der Waals surface area contributed by atoms with Crippen molar-refractivity contribution in [2.45, 2.75) is 19.6 Å². The second-order valence-corrected chi connectivity index (χ2v) is 7.86. The van der Waals surface area contributed by atoms with E-state index in [1.54, 1.807) is 7.05 Å². The number of hydrogen-bond acceptors (Lipinski definition) is 6. The van der Waals surface area contributed by atoms with Crippen LogP contribution in [0.2, 0.25) is 0 Å². The fourth-order valence-corrected chi connectivity index (χ4v) is 3.69. The van der Waals surface area contributed by atoms with E-state index in [0.717, 1.165) is 38.3 Å². The van der Waals surface area contributed by atoms with Gasteiger partial charge < -0.3 is 10.2 Å². The lowest BCUT2D eigenvalue weighted by Gasteiger charge is -2.32. The molecule has 0 radical (unpaired) electrons. The minimum absolute atomic E-state index is 0.0718. The fourth-order valence-electron chi connectivity index (χ4n) is 3.69. The first-order chi connectivity index (χ1) is 14.5. The van der Waals surface area contributed by atoms with Crippen LogP contribution in [0.4, 0.5) is 0 Å². The molecule has 3 aromatic rings. The topological polar surface area (TPSA) is 88.3 Å². The van der Waals surface area contributed by atoms with Gasteiger partial charge in [0, 0.05) is 46.3 Å². The van der Waals surface area contributed by atoms with Crippen LogP contribution < -0.4 is 10.9 Å². The zero-order valence-corrected chi connectivity index (χ0v) is 17.4. The van der Waals surface area contributed by atoms with Crippen LogP contribution in [0.15, 0.2) is 41.6 Å². The van der Waals surface area contributed by atoms with Gasteiger partial charge in [0.2, 0.25) is 5.91 Å². The Kier molecular flexibility index (Phi) is 5.91. The Morgan fingerprint density at radius 2 is 1.90 bits per heavy atom. The zero-order chi connectivity index (χ0) is 21.1. The second-order valence-electron chi connectivity index (χ2n) is 7.86. The predicted molar refractivity (Wildman–Crippen MR) is 114 cm³/mol.